The van der Waals surface area contributed by atoms with Crippen LogP contribution in [0.3, 0.4) is 0 Å². The number of piperidine rings is 1. The van der Waals surface area contributed by atoms with E-state index in [-0.39, 0.29) is 12.3 Å². The van der Waals surface area contributed by atoms with Gasteiger partial charge in [-0.15, -0.1) is 0 Å². The van der Waals surface area contributed by atoms with Crippen LogP contribution in [-0.2, 0) is 11.8 Å². The molecule has 1 aromatic heterocycles. The lowest BCUT2D eigenvalue weighted by molar-refractivity contribution is -0.134. The molecule has 1 aliphatic heterocycles. The first-order valence-electron chi connectivity index (χ1n) is 8.14. The first-order chi connectivity index (χ1) is 11.1. The largest absolute Gasteiger partial charge is 0.388 e. The monoisotopic (exact) mass is 313 g/mol. The van der Waals surface area contributed by atoms with E-state index in [1.807, 2.05) is 53.2 Å². The molecular weight excluding hydrogens is 290 g/mol. The fourth-order valence-corrected chi connectivity index (χ4v) is 3.30. The van der Waals surface area contributed by atoms with Crippen molar-refractivity contribution >= 4 is 5.91 Å². The molecule has 1 aliphatic rings. The summed E-state index contributed by atoms with van der Waals surface area (Å²) in [5, 5.41) is 14.4. The number of hydrogen-bond acceptors (Lipinski definition) is 3. The molecule has 2 aromatic rings. The maximum Gasteiger partial charge on any atom is 0.225 e. The number of carbonyl (C=O) groups is 1. The Kier molecular flexibility index (Phi) is 4.76. The van der Waals surface area contributed by atoms with Crippen LogP contribution in [0.4, 0.5) is 0 Å². The standard InChI is InChI=1S/C18H23N3O2/c1-20-16(7-10-19-20)14-8-11-21(12-9-14)18(23)13-17(22)15-5-3-2-4-6-15/h2-7,10,14,17,22H,8-9,11-13H2,1H3. The van der Waals surface area contributed by atoms with Crippen molar-refractivity contribution in [2.75, 3.05) is 13.1 Å². The summed E-state index contributed by atoms with van der Waals surface area (Å²) in [7, 11) is 1.96. The van der Waals surface area contributed by atoms with Crippen LogP contribution in [0.15, 0.2) is 42.6 Å². The predicted molar refractivity (Wildman–Crippen MR) is 87.8 cm³/mol. The topological polar surface area (TPSA) is 58.4 Å². The van der Waals surface area contributed by atoms with E-state index in [1.165, 1.54) is 5.69 Å². The summed E-state index contributed by atoms with van der Waals surface area (Å²) in [6, 6.07) is 11.4. The van der Waals surface area contributed by atoms with E-state index in [2.05, 4.69) is 11.2 Å². The van der Waals surface area contributed by atoms with E-state index in [4.69, 9.17) is 0 Å². The van der Waals surface area contributed by atoms with Crippen molar-refractivity contribution in [3.63, 3.8) is 0 Å². The number of aryl methyl sites for hydroxylation is 1. The Morgan fingerprint density at radius 1 is 1.26 bits per heavy atom. The Bertz CT molecular complexity index is 645. The minimum absolute atomic E-state index is 0.0322. The van der Waals surface area contributed by atoms with Gasteiger partial charge in [-0.05, 0) is 24.5 Å². The van der Waals surface area contributed by atoms with Crippen molar-refractivity contribution in [3.05, 3.63) is 53.9 Å². The van der Waals surface area contributed by atoms with Crippen molar-refractivity contribution in [1.29, 1.82) is 0 Å². The Morgan fingerprint density at radius 3 is 2.57 bits per heavy atom. The van der Waals surface area contributed by atoms with Gasteiger partial charge in [0, 0.05) is 37.9 Å². The van der Waals surface area contributed by atoms with Crippen LogP contribution in [0.25, 0.3) is 0 Å². The molecule has 0 saturated carbocycles. The molecule has 1 unspecified atom stereocenters. The molecule has 1 saturated heterocycles. The Labute approximate surface area is 136 Å². The number of benzene rings is 1. The van der Waals surface area contributed by atoms with Gasteiger partial charge in [0.2, 0.25) is 5.91 Å². The summed E-state index contributed by atoms with van der Waals surface area (Å²) in [5.74, 6) is 0.496. The van der Waals surface area contributed by atoms with E-state index >= 15 is 0 Å². The number of aromatic nitrogens is 2. The fourth-order valence-electron chi connectivity index (χ4n) is 3.30. The minimum Gasteiger partial charge on any atom is -0.388 e. The number of carbonyl (C=O) groups excluding carboxylic acids is 1. The van der Waals surface area contributed by atoms with Gasteiger partial charge in [-0.25, -0.2) is 0 Å². The van der Waals surface area contributed by atoms with Gasteiger partial charge in [0.15, 0.2) is 0 Å². The van der Waals surface area contributed by atoms with Crippen molar-refractivity contribution in [1.82, 2.24) is 14.7 Å². The van der Waals surface area contributed by atoms with E-state index in [0.29, 0.717) is 5.92 Å². The summed E-state index contributed by atoms with van der Waals surface area (Å²) in [6.45, 7) is 1.49. The Morgan fingerprint density at radius 2 is 1.96 bits per heavy atom. The highest BCUT2D eigenvalue weighted by molar-refractivity contribution is 5.77. The number of rotatable bonds is 4. The molecule has 122 valence electrons. The second-order valence-corrected chi connectivity index (χ2v) is 6.17. The van der Waals surface area contributed by atoms with E-state index in [9.17, 15) is 9.90 Å². The Hall–Kier alpha value is -2.14. The molecule has 0 aliphatic carbocycles. The lowest BCUT2D eigenvalue weighted by atomic mass is 9.93. The number of hydrogen-bond donors (Lipinski definition) is 1. The third-order valence-corrected chi connectivity index (χ3v) is 4.68. The zero-order valence-corrected chi connectivity index (χ0v) is 13.4. The number of nitrogens with zero attached hydrogens (tertiary/aromatic N) is 3. The van der Waals surface area contributed by atoms with Crippen molar-refractivity contribution < 1.29 is 9.90 Å². The van der Waals surface area contributed by atoms with Gasteiger partial charge in [0.1, 0.15) is 0 Å². The SMILES string of the molecule is Cn1nccc1C1CCN(C(=O)CC(O)c2ccccc2)CC1. The lowest BCUT2D eigenvalue weighted by Gasteiger charge is -2.32. The van der Waals surface area contributed by atoms with Gasteiger partial charge < -0.3 is 10.0 Å². The summed E-state index contributed by atoms with van der Waals surface area (Å²) in [4.78, 5) is 14.3. The van der Waals surface area contributed by atoms with Gasteiger partial charge in [-0.2, -0.15) is 5.10 Å². The normalized spacial score (nSPS) is 17.2. The zero-order valence-electron chi connectivity index (χ0n) is 13.4. The molecule has 1 amide bonds. The third kappa shape index (κ3) is 3.62. The van der Waals surface area contributed by atoms with Gasteiger partial charge in [-0.3, -0.25) is 9.48 Å². The van der Waals surface area contributed by atoms with Gasteiger partial charge >= 0.3 is 0 Å². The molecule has 0 radical (unpaired) electrons. The molecule has 0 spiro atoms. The number of aliphatic hydroxyl groups excluding tert-OH is 1. The molecule has 23 heavy (non-hydrogen) atoms. The molecule has 1 atom stereocenters. The molecular formula is C18H23N3O2. The minimum atomic E-state index is -0.724. The smallest absolute Gasteiger partial charge is 0.225 e. The van der Waals surface area contributed by atoms with Crippen molar-refractivity contribution in [2.45, 2.75) is 31.3 Å². The quantitative estimate of drug-likeness (QED) is 0.942. The first-order valence-corrected chi connectivity index (χ1v) is 8.14. The van der Waals surface area contributed by atoms with E-state index < -0.39 is 6.10 Å². The van der Waals surface area contributed by atoms with Crippen LogP contribution in [-0.4, -0.2) is 38.8 Å². The van der Waals surface area contributed by atoms with E-state index in [0.717, 1.165) is 31.5 Å². The zero-order chi connectivity index (χ0) is 16.2. The molecule has 5 heteroatoms. The van der Waals surface area contributed by atoms with E-state index in [1.54, 1.807) is 0 Å². The first kappa shape index (κ1) is 15.7. The van der Waals surface area contributed by atoms with Crippen LogP contribution in [0.5, 0.6) is 0 Å². The number of likely N-dealkylation sites (tertiary alicyclic amines) is 1. The summed E-state index contributed by atoms with van der Waals surface area (Å²) in [5.41, 5.74) is 2.03. The highest BCUT2D eigenvalue weighted by atomic mass is 16.3. The fraction of sp³-hybridized carbons (Fsp3) is 0.444. The second kappa shape index (κ2) is 6.96. The van der Waals surface area contributed by atoms with Gasteiger partial charge in [0.25, 0.3) is 0 Å². The molecule has 5 nitrogen and oxygen atoms in total. The van der Waals surface area contributed by atoms with Crippen LogP contribution >= 0.6 is 0 Å². The molecule has 1 N–H and O–H groups in total. The van der Waals surface area contributed by atoms with Gasteiger partial charge in [0.05, 0.1) is 12.5 Å². The maximum absolute atomic E-state index is 12.4. The van der Waals surface area contributed by atoms with Crippen molar-refractivity contribution in [2.24, 2.45) is 7.05 Å². The summed E-state index contributed by atoms with van der Waals surface area (Å²) < 4.78 is 1.92. The molecule has 3 rings (SSSR count). The lowest BCUT2D eigenvalue weighted by Crippen LogP contribution is -2.38. The molecule has 1 fully saturated rings. The third-order valence-electron chi connectivity index (χ3n) is 4.68. The predicted octanol–water partition coefficient (Wildman–Crippen LogP) is 2.25. The molecule has 0 bridgehead atoms. The average molecular weight is 313 g/mol. The van der Waals surface area contributed by atoms with Crippen LogP contribution in [0.1, 0.15) is 42.5 Å². The number of aliphatic hydroxyl groups is 1. The van der Waals surface area contributed by atoms with Crippen LogP contribution in [0.2, 0.25) is 0 Å². The molecule has 2 heterocycles. The number of amides is 1. The molecule has 1 aromatic carbocycles. The highest BCUT2D eigenvalue weighted by Crippen LogP contribution is 2.28. The van der Waals surface area contributed by atoms with Gasteiger partial charge in [-0.1, -0.05) is 30.3 Å². The highest BCUT2D eigenvalue weighted by Gasteiger charge is 2.26. The second-order valence-electron chi connectivity index (χ2n) is 6.17. The van der Waals surface area contributed by atoms with Crippen LogP contribution in [0, 0.1) is 0 Å². The summed E-state index contributed by atoms with van der Waals surface area (Å²) >= 11 is 0. The van der Waals surface area contributed by atoms with Crippen LogP contribution < -0.4 is 0 Å². The maximum atomic E-state index is 12.4. The summed E-state index contributed by atoms with van der Waals surface area (Å²) in [6.07, 6.45) is 3.15. The average Bonchev–Trinajstić information content (AvgIpc) is 3.02. The Balaban J connectivity index is 1.53. The van der Waals surface area contributed by atoms with Crippen molar-refractivity contribution in [3.8, 4) is 0 Å².